The first-order valence-corrected chi connectivity index (χ1v) is 7.34. The monoisotopic (exact) mass is 281 g/mol. The lowest BCUT2D eigenvalue weighted by Gasteiger charge is -2.25. The van der Waals surface area contributed by atoms with Crippen LogP contribution in [0, 0.1) is 17.8 Å². The Hall–Kier alpha value is -2.23. The van der Waals surface area contributed by atoms with Crippen LogP contribution in [0.2, 0.25) is 0 Å². The Morgan fingerprint density at radius 3 is 2.48 bits per heavy atom. The SMILES string of the molecule is O=C1CCC2C1=CCC1C(=O)N(c3ccccc3)C(=O)C12. The van der Waals surface area contributed by atoms with Gasteiger partial charge in [0.15, 0.2) is 5.78 Å². The summed E-state index contributed by atoms with van der Waals surface area (Å²) in [7, 11) is 0. The normalized spacial score (nSPS) is 31.2. The molecule has 4 rings (SSSR count). The number of amides is 2. The van der Waals surface area contributed by atoms with Gasteiger partial charge in [-0.1, -0.05) is 24.3 Å². The van der Waals surface area contributed by atoms with E-state index in [9.17, 15) is 14.4 Å². The molecule has 2 amide bonds. The number of imide groups is 1. The van der Waals surface area contributed by atoms with E-state index in [1.807, 2.05) is 24.3 Å². The highest BCUT2D eigenvalue weighted by atomic mass is 16.2. The van der Waals surface area contributed by atoms with Crippen LogP contribution in [0.25, 0.3) is 0 Å². The van der Waals surface area contributed by atoms with Crippen molar-refractivity contribution in [1.29, 1.82) is 0 Å². The van der Waals surface area contributed by atoms with Gasteiger partial charge in [0.25, 0.3) is 0 Å². The number of fused-ring (bicyclic) bond motifs is 3. The third kappa shape index (κ3) is 1.65. The Morgan fingerprint density at radius 1 is 0.952 bits per heavy atom. The van der Waals surface area contributed by atoms with E-state index in [4.69, 9.17) is 0 Å². The highest BCUT2D eigenvalue weighted by molar-refractivity contribution is 6.23. The standard InChI is InChI=1S/C17H15NO3/c19-14-9-8-12-11(14)6-7-13-15(12)17(21)18(16(13)20)10-4-2-1-3-5-10/h1-6,12-13,15H,7-9H2. The number of benzene rings is 1. The van der Waals surface area contributed by atoms with Crippen LogP contribution in [0.4, 0.5) is 5.69 Å². The number of carbonyl (C=O) groups is 3. The van der Waals surface area contributed by atoms with Gasteiger partial charge in [0, 0.05) is 6.42 Å². The van der Waals surface area contributed by atoms with Gasteiger partial charge in [-0.05, 0) is 36.5 Å². The van der Waals surface area contributed by atoms with E-state index in [1.165, 1.54) is 4.90 Å². The van der Waals surface area contributed by atoms with Gasteiger partial charge < -0.3 is 0 Å². The topological polar surface area (TPSA) is 54.5 Å². The molecule has 21 heavy (non-hydrogen) atoms. The molecule has 1 aromatic rings. The van der Waals surface area contributed by atoms with E-state index in [0.717, 1.165) is 5.57 Å². The number of anilines is 1. The molecule has 4 heteroatoms. The Bertz CT molecular complexity index is 677. The number of Topliss-reactive ketones (excluding diaryl/α,β-unsaturated/α-hetero) is 1. The number of ketones is 1. The first-order chi connectivity index (χ1) is 10.2. The van der Waals surface area contributed by atoms with E-state index in [-0.39, 0.29) is 35.4 Å². The van der Waals surface area contributed by atoms with E-state index in [0.29, 0.717) is 24.9 Å². The Morgan fingerprint density at radius 2 is 1.71 bits per heavy atom. The lowest BCUT2D eigenvalue weighted by atomic mass is 9.74. The summed E-state index contributed by atoms with van der Waals surface area (Å²) in [6.45, 7) is 0. The van der Waals surface area contributed by atoms with E-state index >= 15 is 0 Å². The smallest absolute Gasteiger partial charge is 0.238 e. The second kappa shape index (κ2) is 4.38. The van der Waals surface area contributed by atoms with Crippen molar-refractivity contribution in [3.05, 3.63) is 42.0 Å². The van der Waals surface area contributed by atoms with Crippen LogP contribution < -0.4 is 4.90 Å². The van der Waals surface area contributed by atoms with Crippen LogP contribution in [-0.4, -0.2) is 17.6 Å². The van der Waals surface area contributed by atoms with Crippen molar-refractivity contribution in [2.24, 2.45) is 17.8 Å². The maximum atomic E-state index is 12.8. The van der Waals surface area contributed by atoms with Gasteiger partial charge in [0.2, 0.25) is 11.8 Å². The van der Waals surface area contributed by atoms with Gasteiger partial charge in [-0.2, -0.15) is 0 Å². The highest BCUT2D eigenvalue weighted by Crippen LogP contribution is 2.48. The number of para-hydroxylation sites is 1. The molecule has 1 saturated heterocycles. The van der Waals surface area contributed by atoms with Gasteiger partial charge in [-0.15, -0.1) is 0 Å². The van der Waals surface area contributed by atoms with E-state index in [1.54, 1.807) is 12.1 Å². The minimum Gasteiger partial charge on any atom is -0.295 e. The quantitative estimate of drug-likeness (QED) is 0.741. The van der Waals surface area contributed by atoms with E-state index < -0.39 is 0 Å². The summed E-state index contributed by atoms with van der Waals surface area (Å²) in [6.07, 6.45) is 3.61. The molecular formula is C17H15NO3. The predicted molar refractivity (Wildman–Crippen MR) is 76.3 cm³/mol. The van der Waals surface area contributed by atoms with Crippen molar-refractivity contribution >= 4 is 23.3 Å². The number of hydrogen-bond donors (Lipinski definition) is 0. The lowest BCUT2D eigenvalue weighted by molar-refractivity contribution is -0.122. The molecule has 3 atom stereocenters. The lowest BCUT2D eigenvalue weighted by Crippen LogP contribution is -2.32. The van der Waals surface area contributed by atoms with Crippen molar-refractivity contribution in [3.8, 4) is 0 Å². The molecule has 4 nitrogen and oxygen atoms in total. The minimum atomic E-state index is -0.343. The molecule has 1 aliphatic heterocycles. The molecule has 0 N–H and O–H groups in total. The molecule has 1 saturated carbocycles. The van der Waals surface area contributed by atoms with Crippen molar-refractivity contribution in [3.63, 3.8) is 0 Å². The molecule has 2 fully saturated rings. The maximum Gasteiger partial charge on any atom is 0.238 e. The van der Waals surface area contributed by atoms with Crippen LogP contribution >= 0.6 is 0 Å². The summed E-state index contributed by atoms with van der Waals surface area (Å²) in [5, 5.41) is 0. The first-order valence-electron chi connectivity index (χ1n) is 7.34. The van der Waals surface area contributed by atoms with Gasteiger partial charge in [-0.3, -0.25) is 19.3 Å². The van der Waals surface area contributed by atoms with Gasteiger partial charge >= 0.3 is 0 Å². The fraction of sp³-hybridized carbons (Fsp3) is 0.353. The number of carbonyl (C=O) groups excluding carboxylic acids is 3. The molecule has 3 aliphatic rings. The Balaban J connectivity index is 1.74. The van der Waals surface area contributed by atoms with Gasteiger partial charge in [0.05, 0.1) is 17.5 Å². The molecule has 0 bridgehead atoms. The second-order valence-corrected chi connectivity index (χ2v) is 5.94. The fourth-order valence-electron chi connectivity index (χ4n) is 3.97. The molecule has 1 heterocycles. The van der Waals surface area contributed by atoms with Crippen LogP contribution in [-0.2, 0) is 14.4 Å². The third-order valence-electron chi connectivity index (χ3n) is 4.92. The Kier molecular flexibility index (Phi) is 2.61. The second-order valence-electron chi connectivity index (χ2n) is 5.94. The zero-order valence-corrected chi connectivity index (χ0v) is 11.5. The van der Waals surface area contributed by atoms with Crippen LogP contribution in [0.1, 0.15) is 19.3 Å². The highest BCUT2D eigenvalue weighted by Gasteiger charge is 2.55. The van der Waals surface area contributed by atoms with Gasteiger partial charge in [0.1, 0.15) is 0 Å². The molecule has 3 unspecified atom stereocenters. The molecule has 2 aliphatic carbocycles. The summed E-state index contributed by atoms with van der Waals surface area (Å²) in [5.41, 5.74) is 1.42. The number of allylic oxidation sites excluding steroid dienone is 2. The van der Waals surface area contributed by atoms with Crippen molar-refractivity contribution in [2.75, 3.05) is 4.90 Å². The Labute approximate surface area is 122 Å². The molecule has 0 spiro atoms. The average molecular weight is 281 g/mol. The number of nitrogens with zero attached hydrogens (tertiary/aromatic N) is 1. The zero-order chi connectivity index (χ0) is 14.6. The van der Waals surface area contributed by atoms with E-state index in [2.05, 4.69) is 0 Å². The van der Waals surface area contributed by atoms with Crippen LogP contribution in [0.5, 0.6) is 0 Å². The molecule has 106 valence electrons. The van der Waals surface area contributed by atoms with Crippen molar-refractivity contribution in [1.82, 2.24) is 0 Å². The molecule has 0 aromatic heterocycles. The molecule has 1 aromatic carbocycles. The number of hydrogen-bond acceptors (Lipinski definition) is 3. The molecular weight excluding hydrogens is 266 g/mol. The summed E-state index contributed by atoms with van der Waals surface area (Å²) in [6, 6.07) is 9.06. The third-order valence-corrected chi connectivity index (χ3v) is 4.92. The summed E-state index contributed by atoms with van der Waals surface area (Å²) >= 11 is 0. The fourth-order valence-corrected chi connectivity index (χ4v) is 3.97. The van der Waals surface area contributed by atoms with Gasteiger partial charge in [-0.25, -0.2) is 0 Å². The minimum absolute atomic E-state index is 0.0542. The number of rotatable bonds is 1. The van der Waals surface area contributed by atoms with Crippen LogP contribution in [0.15, 0.2) is 42.0 Å². The molecule has 0 radical (unpaired) electrons. The maximum absolute atomic E-state index is 12.8. The zero-order valence-electron chi connectivity index (χ0n) is 11.5. The van der Waals surface area contributed by atoms with Crippen molar-refractivity contribution < 1.29 is 14.4 Å². The summed E-state index contributed by atoms with van der Waals surface area (Å²) in [5.74, 6) is -0.799. The average Bonchev–Trinajstić information content (AvgIpc) is 3.00. The van der Waals surface area contributed by atoms with Crippen molar-refractivity contribution in [2.45, 2.75) is 19.3 Å². The largest absolute Gasteiger partial charge is 0.295 e. The van der Waals surface area contributed by atoms with Crippen LogP contribution in [0.3, 0.4) is 0 Å². The summed E-state index contributed by atoms with van der Waals surface area (Å²) in [4.78, 5) is 38.6. The first kappa shape index (κ1) is 12.5. The summed E-state index contributed by atoms with van der Waals surface area (Å²) < 4.78 is 0. The predicted octanol–water partition coefficient (Wildman–Crippen LogP) is 2.10.